The molecule has 0 saturated heterocycles. The van der Waals surface area contributed by atoms with Gasteiger partial charge in [-0.15, -0.1) is 0 Å². The van der Waals surface area contributed by atoms with Crippen LogP contribution in [0.3, 0.4) is 0 Å². The molecular weight excluding hydrogens is 456 g/mol. The first-order chi connectivity index (χ1) is 16.2. The molecule has 0 heterocycles. The normalized spacial score (nSPS) is 37.0. The van der Waals surface area contributed by atoms with Crippen molar-refractivity contribution in [2.24, 2.45) is 10.8 Å². The van der Waals surface area contributed by atoms with Crippen LogP contribution in [0.1, 0.15) is 144 Å². The van der Waals surface area contributed by atoms with Gasteiger partial charge in [-0.1, -0.05) is 27.7 Å². The van der Waals surface area contributed by atoms with E-state index in [1.807, 2.05) is 0 Å². The molecule has 4 rings (SSSR count). The van der Waals surface area contributed by atoms with E-state index in [4.69, 9.17) is 9.47 Å². The average molecular weight is 511 g/mol. The maximum Gasteiger partial charge on any atom is 0.156 e. The second-order valence-corrected chi connectivity index (χ2v) is 17.4. The predicted octanol–water partition coefficient (Wildman–Crippen LogP) is 7.77. The second-order valence-electron chi connectivity index (χ2n) is 14.9. The molecule has 4 aliphatic rings. The Morgan fingerprint density at radius 2 is 0.771 bits per heavy atom. The van der Waals surface area contributed by atoms with E-state index in [1.165, 1.54) is 25.7 Å². The molecule has 0 radical (unpaired) electrons. The van der Waals surface area contributed by atoms with Crippen LogP contribution in [-0.4, -0.2) is 42.3 Å². The molecule has 0 bridgehead atoms. The highest BCUT2D eigenvalue weighted by Crippen LogP contribution is 2.45. The summed E-state index contributed by atoms with van der Waals surface area (Å²) in [7, 11) is -3.07. The molecular formula is C30H54O4S. The minimum absolute atomic E-state index is 0.0188. The number of rotatable bonds is 6. The Labute approximate surface area is 216 Å². The maximum atomic E-state index is 13.5. The zero-order valence-corrected chi connectivity index (χ0v) is 24.5. The van der Waals surface area contributed by atoms with Gasteiger partial charge in [0.05, 0.1) is 33.9 Å². The molecule has 35 heavy (non-hydrogen) atoms. The first-order valence-electron chi connectivity index (χ1n) is 14.8. The lowest BCUT2D eigenvalue weighted by atomic mass is 9.71. The van der Waals surface area contributed by atoms with Crippen LogP contribution in [0.4, 0.5) is 0 Å². The number of hydrogen-bond acceptors (Lipinski definition) is 4. The summed E-state index contributed by atoms with van der Waals surface area (Å²) in [6.07, 6.45) is 16.5. The van der Waals surface area contributed by atoms with E-state index in [-0.39, 0.29) is 33.9 Å². The number of sulfone groups is 1. The first-order valence-corrected chi connectivity index (χ1v) is 16.4. The van der Waals surface area contributed by atoms with E-state index >= 15 is 0 Å². The summed E-state index contributed by atoms with van der Waals surface area (Å²) in [5, 5.41) is -0.331. The highest BCUT2D eigenvalue weighted by atomic mass is 32.2. The summed E-state index contributed by atoms with van der Waals surface area (Å²) in [5.74, 6) is 0. The molecule has 0 aromatic heterocycles. The van der Waals surface area contributed by atoms with E-state index in [0.717, 1.165) is 77.0 Å². The number of hydrogen-bond donors (Lipinski definition) is 0. The maximum absolute atomic E-state index is 13.5. The molecule has 4 aliphatic carbocycles. The lowest BCUT2D eigenvalue weighted by Crippen LogP contribution is -2.44. The van der Waals surface area contributed by atoms with Crippen molar-refractivity contribution in [3.8, 4) is 0 Å². The summed E-state index contributed by atoms with van der Waals surface area (Å²) in [4.78, 5) is 0. The van der Waals surface area contributed by atoms with Crippen molar-refractivity contribution >= 4 is 9.84 Å². The molecule has 0 spiro atoms. The third-order valence-electron chi connectivity index (χ3n) is 10.4. The SMILES string of the molecule is CC1(C)CCC(C)(OC2CCC(S(=O)(=O)C3CCC(OC4(C)CCC(C)(C)CC4)CC3)CC2)CC1. The fraction of sp³-hybridized carbons (Fsp3) is 1.00. The lowest BCUT2D eigenvalue weighted by Gasteiger charge is -2.45. The first kappa shape index (κ1) is 27.9. The van der Waals surface area contributed by atoms with Crippen LogP contribution in [0.2, 0.25) is 0 Å². The van der Waals surface area contributed by atoms with Gasteiger partial charge in [0.1, 0.15) is 0 Å². The number of ether oxygens (including phenoxy) is 2. The van der Waals surface area contributed by atoms with Gasteiger partial charge in [0.25, 0.3) is 0 Å². The Morgan fingerprint density at radius 3 is 1.06 bits per heavy atom. The van der Waals surface area contributed by atoms with Crippen molar-refractivity contribution in [1.29, 1.82) is 0 Å². The zero-order valence-electron chi connectivity index (χ0n) is 23.7. The zero-order chi connectivity index (χ0) is 25.5. The predicted molar refractivity (Wildman–Crippen MR) is 144 cm³/mol. The third-order valence-corrected chi connectivity index (χ3v) is 13.2. The molecule has 204 valence electrons. The van der Waals surface area contributed by atoms with Crippen LogP contribution in [0, 0.1) is 10.8 Å². The van der Waals surface area contributed by atoms with Crippen LogP contribution < -0.4 is 0 Å². The smallest absolute Gasteiger partial charge is 0.156 e. The molecule has 0 aromatic rings. The van der Waals surface area contributed by atoms with Crippen molar-refractivity contribution in [3.05, 3.63) is 0 Å². The molecule has 0 N–H and O–H groups in total. The molecule has 0 atom stereocenters. The molecule has 5 heteroatoms. The van der Waals surface area contributed by atoms with Crippen molar-refractivity contribution < 1.29 is 17.9 Å². The highest BCUT2D eigenvalue weighted by molar-refractivity contribution is 7.92. The Morgan fingerprint density at radius 1 is 0.486 bits per heavy atom. The Hall–Kier alpha value is -0.130. The van der Waals surface area contributed by atoms with Gasteiger partial charge in [0.2, 0.25) is 0 Å². The van der Waals surface area contributed by atoms with Crippen LogP contribution in [0.25, 0.3) is 0 Å². The van der Waals surface area contributed by atoms with Crippen LogP contribution in [-0.2, 0) is 19.3 Å². The van der Waals surface area contributed by atoms with Crippen LogP contribution in [0.5, 0.6) is 0 Å². The molecule has 0 aliphatic heterocycles. The molecule has 0 amide bonds. The third kappa shape index (κ3) is 7.05. The fourth-order valence-corrected chi connectivity index (χ4v) is 9.58. The quantitative estimate of drug-likeness (QED) is 0.366. The average Bonchev–Trinajstić information content (AvgIpc) is 2.79. The summed E-state index contributed by atoms with van der Waals surface area (Å²) in [5.41, 5.74) is 0.831. The van der Waals surface area contributed by atoms with Crippen molar-refractivity contribution in [2.45, 2.75) is 178 Å². The van der Waals surface area contributed by atoms with Gasteiger partial charge in [-0.25, -0.2) is 8.42 Å². The van der Waals surface area contributed by atoms with E-state index in [1.54, 1.807) is 0 Å². The van der Waals surface area contributed by atoms with Gasteiger partial charge >= 0.3 is 0 Å². The Balaban J connectivity index is 1.22. The summed E-state index contributed by atoms with van der Waals surface area (Å²) >= 11 is 0. The van der Waals surface area contributed by atoms with Crippen LogP contribution >= 0.6 is 0 Å². The van der Waals surface area contributed by atoms with Gasteiger partial charge in [-0.3, -0.25) is 0 Å². The van der Waals surface area contributed by atoms with Crippen molar-refractivity contribution in [1.82, 2.24) is 0 Å². The van der Waals surface area contributed by atoms with Gasteiger partial charge in [-0.2, -0.15) is 0 Å². The van der Waals surface area contributed by atoms with E-state index < -0.39 is 9.84 Å². The van der Waals surface area contributed by atoms with Gasteiger partial charge in [0.15, 0.2) is 9.84 Å². The second kappa shape index (κ2) is 10.2. The molecule has 0 aromatic carbocycles. The minimum atomic E-state index is -3.07. The van der Waals surface area contributed by atoms with Crippen LogP contribution in [0.15, 0.2) is 0 Å². The summed E-state index contributed by atoms with van der Waals surface area (Å²) in [6.45, 7) is 14.0. The summed E-state index contributed by atoms with van der Waals surface area (Å²) < 4.78 is 40.3. The monoisotopic (exact) mass is 510 g/mol. The topological polar surface area (TPSA) is 52.6 Å². The Bertz CT molecular complexity index is 731. The van der Waals surface area contributed by atoms with E-state index in [0.29, 0.717) is 10.8 Å². The molecule has 4 nitrogen and oxygen atoms in total. The highest BCUT2D eigenvalue weighted by Gasteiger charge is 2.43. The minimum Gasteiger partial charge on any atom is -0.372 e. The van der Waals surface area contributed by atoms with Gasteiger partial charge < -0.3 is 9.47 Å². The van der Waals surface area contributed by atoms with Crippen molar-refractivity contribution in [3.63, 3.8) is 0 Å². The van der Waals surface area contributed by atoms with E-state index in [9.17, 15) is 8.42 Å². The molecule has 4 saturated carbocycles. The van der Waals surface area contributed by atoms with Crippen molar-refractivity contribution in [2.75, 3.05) is 0 Å². The van der Waals surface area contributed by atoms with Gasteiger partial charge in [0, 0.05) is 0 Å². The largest absolute Gasteiger partial charge is 0.372 e. The molecule has 4 fully saturated rings. The standard InChI is InChI=1S/C30H54O4S/c1-27(2)15-19-29(5,20-16-27)33-23-7-11-25(12-8-23)35(31,32)26-13-9-24(10-14-26)34-30(6)21-17-28(3,4)18-22-30/h23-26H,7-22H2,1-6H3. The Kier molecular flexibility index (Phi) is 8.14. The summed E-state index contributed by atoms with van der Waals surface area (Å²) in [6, 6.07) is 0. The molecule has 0 unspecified atom stereocenters. The van der Waals surface area contributed by atoms with Gasteiger partial charge in [-0.05, 0) is 127 Å². The lowest BCUT2D eigenvalue weighted by molar-refractivity contribution is -0.125. The fourth-order valence-electron chi connectivity index (χ4n) is 7.18. The van der Waals surface area contributed by atoms with E-state index in [2.05, 4.69) is 41.5 Å².